The van der Waals surface area contributed by atoms with Crippen LogP contribution in [0.3, 0.4) is 0 Å². The Hall–Kier alpha value is -1.77. The monoisotopic (exact) mass is 270 g/mol. The van der Waals surface area contributed by atoms with Gasteiger partial charge in [0.05, 0.1) is 5.70 Å². The van der Waals surface area contributed by atoms with E-state index in [2.05, 4.69) is 34.5 Å². The van der Waals surface area contributed by atoms with E-state index in [1.165, 1.54) is 29.7 Å². The lowest BCUT2D eigenvalue weighted by molar-refractivity contribution is -0.123. The maximum atomic E-state index is 12.0. The Morgan fingerprint density at radius 1 is 1.20 bits per heavy atom. The molecular weight excluding hydrogens is 248 g/mol. The fraction of sp³-hybridized carbons (Fsp3) is 0.471. The second-order valence-corrected chi connectivity index (χ2v) is 6.00. The fourth-order valence-electron chi connectivity index (χ4n) is 3.04. The molecule has 0 saturated carbocycles. The summed E-state index contributed by atoms with van der Waals surface area (Å²) in [6, 6.07) is 8.51. The standard InChI is InChI=1S/C17H22N2O/c1-12(2)17(20)18-15-11-13-7-3-4-8-14(13)16(15)19-9-5-6-10-19/h3-4,7-8,12H,5-6,9-11H2,1-2H3,(H,18,20). The number of nitrogens with zero attached hydrogens (tertiary/aromatic N) is 1. The average Bonchev–Trinajstić information content (AvgIpc) is 3.04. The van der Waals surface area contributed by atoms with E-state index in [1.54, 1.807) is 0 Å². The van der Waals surface area contributed by atoms with Crippen molar-refractivity contribution in [2.45, 2.75) is 33.1 Å². The molecule has 0 atom stereocenters. The molecule has 0 bridgehead atoms. The van der Waals surface area contributed by atoms with Crippen molar-refractivity contribution in [3.05, 3.63) is 41.1 Å². The van der Waals surface area contributed by atoms with Gasteiger partial charge in [-0.1, -0.05) is 38.1 Å². The summed E-state index contributed by atoms with van der Waals surface area (Å²) in [6.07, 6.45) is 3.34. The van der Waals surface area contributed by atoms with Gasteiger partial charge in [-0.05, 0) is 18.4 Å². The van der Waals surface area contributed by atoms with Crippen LogP contribution in [0.2, 0.25) is 0 Å². The SMILES string of the molecule is CC(C)C(=O)NC1=C(N2CCCC2)c2ccccc2C1. The number of hydrogen-bond acceptors (Lipinski definition) is 2. The molecule has 3 rings (SSSR count). The van der Waals surface area contributed by atoms with Crippen molar-refractivity contribution in [2.24, 2.45) is 5.92 Å². The number of nitrogens with one attached hydrogen (secondary N) is 1. The first kappa shape index (κ1) is 13.2. The summed E-state index contributed by atoms with van der Waals surface area (Å²) in [5.74, 6) is 0.135. The Morgan fingerprint density at radius 3 is 2.60 bits per heavy atom. The Kier molecular flexibility index (Phi) is 3.51. The van der Waals surface area contributed by atoms with Crippen LogP contribution < -0.4 is 5.32 Å². The third-order valence-electron chi connectivity index (χ3n) is 4.15. The summed E-state index contributed by atoms with van der Waals surface area (Å²) in [4.78, 5) is 14.5. The summed E-state index contributed by atoms with van der Waals surface area (Å²) in [5.41, 5.74) is 4.97. The molecule has 0 radical (unpaired) electrons. The van der Waals surface area contributed by atoms with Gasteiger partial charge in [-0.3, -0.25) is 4.79 Å². The average molecular weight is 270 g/mol. The van der Waals surface area contributed by atoms with Gasteiger partial charge in [-0.25, -0.2) is 0 Å². The number of hydrogen-bond donors (Lipinski definition) is 1. The van der Waals surface area contributed by atoms with Gasteiger partial charge in [0.1, 0.15) is 0 Å². The van der Waals surface area contributed by atoms with Crippen LogP contribution in [0.25, 0.3) is 5.70 Å². The maximum Gasteiger partial charge on any atom is 0.226 e. The number of benzene rings is 1. The van der Waals surface area contributed by atoms with Gasteiger partial charge >= 0.3 is 0 Å². The van der Waals surface area contributed by atoms with E-state index >= 15 is 0 Å². The molecule has 1 fully saturated rings. The molecule has 3 heteroatoms. The van der Waals surface area contributed by atoms with Crippen molar-refractivity contribution < 1.29 is 4.79 Å². The van der Waals surface area contributed by atoms with Crippen molar-refractivity contribution in [2.75, 3.05) is 13.1 Å². The summed E-state index contributed by atoms with van der Waals surface area (Å²) in [6.45, 7) is 6.08. The molecule has 1 aromatic carbocycles. The minimum atomic E-state index is 0.0195. The highest BCUT2D eigenvalue weighted by molar-refractivity contribution is 5.84. The number of likely N-dealkylation sites (tertiary alicyclic amines) is 1. The molecule has 1 saturated heterocycles. The van der Waals surface area contributed by atoms with Crippen molar-refractivity contribution in [1.29, 1.82) is 0 Å². The van der Waals surface area contributed by atoms with Crippen LogP contribution in [0, 0.1) is 5.92 Å². The van der Waals surface area contributed by atoms with Crippen molar-refractivity contribution in [3.8, 4) is 0 Å². The van der Waals surface area contributed by atoms with E-state index in [0.29, 0.717) is 0 Å². The number of carbonyl (C=O) groups excluding carboxylic acids is 1. The molecule has 1 amide bonds. The first-order chi connectivity index (χ1) is 9.66. The highest BCUT2D eigenvalue weighted by Gasteiger charge is 2.28. The second-order valence-electron chi connectivity index (χ2n) is 6.00. The molecule has 1 heterocycles. The molecule has 20 heavy (non-hydrogen) atoms. The lowest BCUT2D eigenvalue weighted by Crippen LogP contribution is -2.30. The summed E-state index contributed by atoms with van der Waals surface area (Å²) in [5, 5.41) is 3.15. The maximum absolute atomic E-state index is 12.0. The highest BCUT2D eigenvalue weighted by Crippen LogP contribution is 2.35. The van der Waals surface area contributed by atoms with E-state index in [9.17, 15) is 4.79 Å². The largest absolute Gasteiger partial charge is 0.370 e. The predicted octanol–water partition coefficient (Wildman–Crippen LogP) is 2.78. The third kappa shape index (κ3) is 2.33. The Labute approximate surface area is 120 Å². The molecule has 2 aliphatic rings. The van der Waals surface area contributed by atoms with Crippen LogP contribution >= 0.6 is 0 Å². The van der Waals surface area contributed by atoms with Crippen LogP contribution in [0.1, 0.15) is 37.8 Å². The normalized spacial score (nSPS) is 17.9. The number of fused-ring (bicyclic) bond motifs is 1. The quantitative estimate of drug-likeness (QED) is 0.916. The van der Waals surface area contributed by atoms with Crippen LogP contribution in [0.4, 0.5) is 0 Å². The first-order valence-corrected chi connectivity index (χ1v) is 7.54. The smallest absolute Gasteiger partial charge is 0.226 e. The van der Waals surface area contributed by atoms with Crippen LogP contribution in [-0.2, 0) is 11.2 Å². The van der Waals surface area contributed by atoms with E-state index < -0.39 is 0 Å². The van der Waals surface area contributed by atoms with Gasteiger partial charge in [0.2, 0.25) is 5.91 Å². The highest BCUT2D eigenvalue weighted by atomic mass is 16.1. The summed E-state index contributed by atoms with van der Waals surface area (Å²) in [7, 11) is 0. The Morgan fingerprint density at radius 2 is 1.90 bits per heavy atom. The van der Waals surface area contributed by atoms with Gasteiger partial charge in [0.15, 0.2) is 0 Å². The fourth-order valence-corrected chi connectivity index (χ4v) is 3.04. The molecule has 1 aromatic rings. The predicted molar refractivity (Wildman–Crippen MR) is 80.9 cm³/mol. The molecular formula is C17H22N2O. The van der Waals surface area contributed by atoms with E-state index in [-0.39, 0.29) is 11.8 Å². The minimum Gasteiger partial charge on any atom is -0.370 e. The number of carbonyl (C=O) groups is 1. The van der Waals surface area contributed by atoms with E-state index in [1.807, 2.05) is 13.8 Å². The van der Waals surface area contributed by atoms with Gasteiger partial charge < -0.3 is 10.2 Å². The molecule has 1 aliphatic carbocycles. The van der Waals surface area contributed by atoms with Gasteiger partial charge in [0, 0.05) is 36.7 Å². The van der Waals surface area contributed by atoms with Crippen LogP contribution in [0.5, 0.6) is 0 Å². The zero-order valence-corrected chi connectivity index (χ0v) is 12.3. The Bertz CT molecular complexity index is 554. The summed E-state index contributed by atoms with van der Waals surface area (Å²) >= 11 is 0. The number of amides is 1. The van der Waals surface area contributed by atoms with Gasteiger partial charge in [0.25, 0.3) is 0 Å². The van der Waals surface area contributed by atoms with Crippen molar-refractivity contribution in [1.82, 2.24) is 10.2 Å². The zero-order valence-electron chi connectivity index (χ0n) is 12.3. The second kappa shape index (κ2) is 5.31. The number of rotatable bonds is 3. The Balaban J connectivity index is 1.95. The van der Waals surface area contributed by atoms with Gasteiger partial charge in [-0.2, -0.15) is 0 Å². The van der Waals surface area contributed by atoms with Crippen molar-refractivity contribution >= 4 is 11.6 Å². The molecule has 106 valence electrons. The minimum absolute atomic E-state index is 0.0195. The number of allylic oxidation sites excluding steroid dienone is 1. The first-order valence-electron chi connectivity index (χ1n) is 7.54. The van der Waals surface area contributed by atoms with Crippen LogP contribution in [0.15, 0.2) is 30.0 Å². The van der Waals surface area contributed by atoms with E-state index in [0.717, 1.165) is 25.2 Å². The van der Waals surface area contributed by atoms with Crippen LogP contribution in [-0.4, -0.2) is 23.9 Å². The molecule has 0 unspecified atom stereocenters. The topological polar surface area (TPSA) is 32.3 Å². The lowest BCUT2D eigenvalue weighted by atomic mass is 10.1. The molecule has 0 spiro atoms. The third-order valence-corrected chi connectivity index (χ3v) is 4.15. The van der Waals surface area contributed by atoms with E-state index in [4.69, 9.17) is 0 Å². The van der Waals surface area contributed by atoms with Crippen molar-refractivity contribution in [3.63, 3.8) is 0 Å². The molecule has 0 aromatic heterocycles. The zero-order chi connectivity index (χ0) is 14.1. The summed E-state index contributed by atoms with van der Waals surface area (Å²) < 4.78 is 0. The molecule has 3 nitrogen and oxygen atoms in total. The molecule has 1 aliphatic heterocycles. The lowest BCUT2D eigenvalue weighted by Gasteiger charge is -2.22. The van der Waals surface area contributed by atoms with Gasteiger partial charge in [-0.15, -0.1) is 0 Å². The molecule has 1 N–H and O–H groups in total.